The summed E-state index contributed by atoms with van der Waals surface area (Å²) in [4.78, 5) is 24.4. The van der Waals surface area contributed by atoms with Crippen molar-refractivity contribution in [2.75, 3.05) is 12.4 Å². The van der Waals surface area contributed by atoms with Crippen LogP contribution in [0.4, 0.5) is 5.69 Å². The van der Waals surface area contributed by atoms with Crippen molar-refractivity contribution in [3.63, 3.8) is 0 Å². The highest BCUT2D eigenvalue weighted by Gasteiger charge is 2.20. The molecule has 1 atom stereocenters. The SMILES string of the molecule is COc1cccc(C(=O)O[C@@H](C)C(=O)Nc2cccc(C)c2C)c1. The Hall–Kier alpha value is -2.82. The van der Waals surface area contributed by atoms with E-state index in [1.807, 2.05) is 32.0 Å². The van der Waals surface area contributed by atoms with Crippen molar-refractivity contribution in [3.8, 4) is 5.75 Å². The van der Waals surface area contributed by atoms with Gasteiger partial charge >= 0.3 is 5.97 Å². The number of anilines is 1. The van der Waals surface area contributed by atoms with Crippen LogP contribution in [0.3, 0.4) is 0 Å². The average Bonchev–Trinajstić information content (AvgIpc) is 2.58. The second-order valence-corrected chi connectivity index (χ2v) is 5.52. The summed E-state index contributed by atoms with van der Waals surface area (Å²) >= 11 is 0. The molecule has 5 nitrogen and oxygen atoms in total. The predicted octanol–water partition coefficient (Wildman–Crippen LogP) is 3.50. The number of aryl methyl sites for hydroxylation is 1. The number of esters is 1. The largest absolute Gasteiger partial charge is 0.497 e. The van der Waals surface area contributed by atoms with Crippen LogP contribution in [0, 0.1) is 13.8 Å². The molecule has 0 aromatic heterocycles. The van der Waals surface area contributed by atoms with Crippen molar-refractivity contribution < 1.29 is 19.1 Å². The molecule has 126 valence electrons. The van der Waals surface area contributed by atoms with Crippen LogP contribution in [0.2, 0.25) is 0 Å². The smallest absolute Gasteiger partial charge is 0.339 e. The average molecular weight is 327 g/mol. The van der Waals surface area contributed by atoms with Crippen LogP contribution in [0.5, 0.6) is 5.75 Å². The predicted molar refractivity (Wildman–Crippen MR) is 92.4 cm³/mol. The highest BCUT2D eigenvalue weighted by Crippen LogP contribution is 2.19. The summed E-state index contributed by atoms with van der Waals surface area (Å²) in [6, 6.07) is 12.3. The highest BCUT2D eigenvalue weighted by atomic mass is 16.5. The lowest BCUT2D eigenvalue weighted by molar-refractivity contribution is -0.123. The van der Waals surface area contributed by atoms with E-state index in [9.17, 15) is 9.59 Å². The summed E-state index contributed by atoms with van der Waals surface area (Å²) in [5.41, 5.74) is 3.11. The molecular weight excluding hydrogens is 306 g/mol. The molecule has 5 heteroatoms. The van der Waals surface area contributed by atoms with Crippen LogP contribution < -0.4 is 10.1 Å². The lowest BCUT2D eigenvalue weighted by Gasteiger charge is -2.15. The summed E-state index contributed by atoms with van der Waals surface area (Å²) < 4.78 is 10.3. The van der Waals surface area contributed by atoms with Gasteiger partial charge in [-0.15, -0.1) is 0 Å². The second kappa shape index (κ2) is 7.64. The zero-order valence-corrected chi connectivity index (χ0v) is 14.3. The fourth-order valence-corrected chi connectivity index (χ4v) is 2.15. The van der Waals surface area contributed by atoms with Gasteiger partial charge in [0.1, 0.15) is 5.75 Å². The quantitative estimate of drug-likeness (QED) is 0.854. The first kappa shape index (κ1) is 17.5. The third-order valence-corrected chi connectivity index (χ3v) is 3.82. The van der Waals surface area contributed by atoms with Gasteiger partial charge in [-0.2, -0.15) is 0 Å². The Bertz CT molecular complexity index is 755. The Morgan fingerprint density at radius 3 is 2.50 bits per heavy atom. The standard InChI is InChI=1S/C19H21NO4/c1-12-7-5-10-17(13(12)2)20-18(21)14(3)24-19(22)15-8-6-9-16(11-15)23-4/h5-11,14H,1-4H3,(H,20,21)/t14-/m0/s1. The Kier molecular flexibility index (Phi) is 5.58. The lowest BCUT2D eigenvalue weighted by Crippen LogP contribution is -2.30. The molecule has 0 spiro atoms. The molecule has 0 aliphatic rings. The van der Waals surface area contributed by atoms with Gasteiger partial charge < -0.3 is 14.8 Å². The van der Waals surface area contributed by atoms with Crippen LogP contribution in [0.25, 0.3) is 0 Å². The molecule has 2 rings (SSSR count). The Balaban J connectivity index is 2.03. The molecule has 2 aromatic rings. The molecule has 0 aliphatic heterocycles. The van der Waals surface area contributed by atoms with Crippen molar-refractivity contribution in [2.45, 2.75) is 26.9 Å². The molecule has 24 heavy (non-hydrogen) atoms. The molecule has 0 fully saturated rings. The molecule has 1 N–H and O–H groups in total. The van der Waals surface area contributed by atoms with Gasteiger partial charge in [0.15, 0.2) is 6.10 Å². The summed E-state index contributed by atoms with van der Waals surface area (Å²) in [6.45, 7) is 5.44. The first-order valence-corrected chi connectivity index (χ1v) is 7.64. The van der Waals surface area contributed by atoms with Crippen molar-refractivity contribution in [3.05, 3.63) is 59.2 Å². The van der Waals surface area contributed by atoms with Crippen molar-refractivity contribution >= 4 is 17.6 Å². The molecule has 0 heterocycles. The fraction of sp³-hybridized carbons (Fsp3) is 0.263. The molecule has 0 aliphatic carbocycles. The van der Waals surface area contributed by atoms with Gasteiger partial charge in [0.25, 0.3) is 5.91 Å². The third kappa shape index (κ3) is 4.13. The molecule has 1 amide bonds. The minimum atomic E-state index is -0.913. The molecule has 0 radical (unpaired) electrons. The second-order valence-electron chi connectivity index (χ2n) is 5.52. The van der Waals surface area contributed by atoms with E-state index < -0.39 is 12.1 Å². The summed E-state index contributed by atoms with van der Waals surface area (Å²) in [5.74, 6) is -0.394. The van der Waals surface area contributed by atoms with E-state index >= 15 is 0 Å². The number of carbonyl (C=O) groups is 2. The van der Waals surface area contributed by atoms with Crippen LogP contribution in [0.1, 0.15) is 28.4 Å². The number of rotatable bonds is 5. The number of ether oxygens (including phenoxy) is 2. The molecule has 0 unspecified atom stereocenters. The minimum absolute atomic E-state index is 0.334. The molecule has 2 aromatic carbocycles. The summed E-state index contributed by atoms with van der Waals surface area (Å²) in [5, 5.41) is 2.79. The van der Waals surface area contributed by atoms with Gasteiger partial charge in [-0.3, -0.25) is 4.79 Å². The Morgan fingerprint density at radius 1 is 1.08 bits per heavy atom. The van der Waals surface area contributed by atoms with Crippen LogP contribution >= 0.6 is 0 Å². The number of methoxy groups -OCH3 is 1. The van der Waals surface area contributed by atoms with E-state index in [1.54, 1.807) is 31.2 Å². The van der Waals surface area contributed by atoms with Crippen LogP contribution in [-0.2, 0) is 9.53 Å². The van der Waals surface area contributed by atoms with Gasteiger partial charge in [-0.1, -0.05) is 18.2 Å². The van der Waals surface area contributed by atoms with Crippen molar-refractivity contribution in [1.29, 1.82) is 0 Å². The van der Waals surface area contributed by atoms with Gasteiger partial charge in [0.2, 0.25) is 0 Å². The van der Waals surface area contributed by atoms with Gasteiger partial charge in [-0.25, -0.2) is 4.79 Å². The van der Waals surface area contributed by atoms with Crippen LogP contribution in [-0.4, -0.2) is 25.1 Å². The van der Waals surface area contributed by atoms with Gasteiger partial charge in [0.05, 0.1) is 12.7 Å². The zero-order chi connectivity index (χ0) is 17.7. The number of benzene rings is 2. The normalized spacial score (nSPS) is 11.5. The van der Waals surface area contributed by atoms with E-state index in [2.05, 4.69) is 5.32 Å². The zero-order valence-electron chi connectivity index (χ0n) is 14.3. The maximum absolute atomic E-state index is 12.3. The van der Waals surface area contributed by atoms with E-state index in [4.69, 9.17) is 9.47 Å². The number of hydrogen-bond donors (Lipinski definition) is 1. The Morgan fingerprint density at radius 2 is 1.79 bits per heavy atom. The van der Waals surface area contributed by atoms with E-state index in [-0.39, 0.29) is 5.91 Å². The summed E-state index contributed by atoms with van der Waals surface area (Å²) in [7, 11) is 1.52. The number of hydrogen-bond acceptors (Lipinski definition) is 4. The maximum atomic E-state index is 12.3. The molecule has 0 bridgehead atoms. The minimum Gasteiger partial charge on any atom is -0.497 e. The first-order chi connectivity index (χ1) is 11.4. The fourth-order valence-electron chi connectivity index (χ4n) is 2.15. The Labute approximate surface area is 141 Å². The third-order valence-electron chi connectivity index (χ3n) is 3.82. The topological polar surface area (TPSA) is 64.6 Å². The van der Waals surface area contributed by atoms with Gasteiger partial charge in [-0.05, 0) is 56.2 Å². The molecule has 0 saturated heterocycles. The maximum Gasteiger partial charge on any atom is 0.339 e. The lowest BCUT2D eigenvalue weighted by atomic mass is 10.1. The molecule has 0 saturated carbocycles. The monoisotopic (exact) mass is 327 g/mol. The first-order valence-electron chi connectivity index (χ1n) is 7.64. The number of carbonyl (C=O) groups excluding carboxylic acids is 2. The molecular formula is C19H21NO4. The van der Waals surface area contributed by atoms with E-state index in [1.165, 1.54) is 7.11 Å². The highest BCUT2D eigenvalue weighted by molar-refractivity contribution is 5.97. The van der Waals surface area contributed by atoms with Crippen molar-refractivity contribution in [2.24, 2.45) is 0 Å². The van der Waals surface area contributed by atoms with E-state index in [0.29, 0.717) is 17.0 Å². The van der Waals surface area contributed by atoms with Crippen LogP contribution in [0.15, 0.2) is 42.5 Å². The summed E-state index contributed by atoms with van der Waals surface area (Å²) in [6.07, 6.45) is -0.913. The number of nitrogens with one attached hydrogen (secondary N) is 1. The number of amides is 1. The van der Waals surface area contributed by atoms with E-state index in [0.717, 1.165) is 11.1 Å². The van der Waals surface area contributed by atoms with Crippen molar-refractivity contribution in [1.82, 2.24) is 0 Å². The van der Waals surface area contributed by atoms with Gasteiger partial charge in [0, 0.05) is 5.69 Å².